The number of benzene rings is 1. The second-order valence-corrected chi connectivity index (χ2v) is 5.34. The molecule has 0 aliphatic rings. The van der Waals surface area contributed by atoms with Gasteiger partial charge in [0.05, 0.1) is 5.02 Å². The largest absolute Gasteiger partial charge is 0.340 e. The molecule has 1 N–H and O–H groups in total. The SMILES string of the molecule is Clc1cc(Nc2ccc(Br)c(Cl)c2)n2ncnc2n1. The van der Waals surface area contributed by atoms with Crippen LogP contribution in [0.25, 0.3) is 5.78 Å². The van der Waals surface area contributed by atoms with Gasteiger partial charge < -0.3 is 5.32 Å². The van der Waals surface area contributed by atoms with E-state index in [1.54, 1.807) is 16.6 Å². The maximum absolute atomic E-state index is 6.05. The van der Waals surface area contributed by atoms with Crippen molar-refractivity contribution in [1.29, 1.82) is 0 Å². The van der Waals surface area contributed by atoms with Crippen molar-refractivity contribution in [2.24, 2.45) is 0 Å². The maximum Gasteiger partial charge on any atom is 0.255 e. The summed E-state index contributed by atoms with van der Waals surface area (Å²) >= 11 is 15.3. The first-order chi connectivity index (χ1) is 9.13. The van der Waals surface area contributed by atoms with Crippen LogP contribution in [0.1, 0.15) is 0 Å². The molecule has 3 rings (SSSR count). The van der Waals surface area contributed by atoms with E-state index in [0.717, 1.165) is 10.2 Å². The molecule has 0 unspecified atom stereocenters. The highest BCUT2D eigenvalue weighted by Crippen LogP contribution is 2.27. The average Bonchev–Trinajstić information content (AvgIpc) is 2.82. The molecule has 0 bridgehead atoms. The molecule has 0 radical (unpaired) electrons. The molecule has 2 aromatic heterocycles. The lowest BCUT2D eigenvalue weighted by atomic mass is 10.3. The number of halogens is 3. The van der Waals surface area contributed by atoms with E-state index in [9.17, 15) is 0 Å². The molecule has 3 aromatic rings. The molecular formula is C11H6BrCl2N5. The molecule has 8 heteroatoms. The van der Waals surface area contributed by atoms with Gasteiger partial charge in [0, 0.05) is 16.2 Å². The average molecular weight is 359 g/mol. The van der Waals surface area contributed by atoms with Crippen molar-refractivity contribution < 1.29 is 0 Å². The molecule has 0 spiro atoms. The number of hydrogen-bond acceptors (Lipinski definition) is 4. The fourth-order valence-corrected chi connectivity index (χ4v) is 2.20. The summed E-state index contributed by atoms with van der Waals surface area (Å²) in [5.74, 6) is 1.09. The number of fused-ring (bicyclic) bond motifs is 1. The summed E-state index contributed by atoms with van der Waals surface area (Å²) in [7, 11) is 0. The molecule has 5 nitrogen and oxygen atoms in total. The first-order valence-electron chi connectivity index (χ1n) is 5.22. The van der Waals surface area contributed by atoms with Gasteiger partial charge in [0.15, 0.2) is 0 Å². The Morgan fingerprint density at radius 3 is 2.84 bits per heavy atom. The first kappa shape index (κ1) is 12.7. The third-order valence-electron chi connectivity index (χ3n) is 2.41. The van der Waals surface area contributed by atoms with Gasteiger partial charge in [-0.2, -0.15) is 19.6 Å². The van der Waals surface area contributed by atoms with Crippen LogP contribution < -0.4 is 5.32 Å². The third kappa shape index (κ3) is 2.51. The molecule has 1 aromatic carbocycles. The predicted octanol–water partition coefficient (Wildman–Crippen LogP) is 3.94. The van der Waals surface area contributed by atoms with Crippen LogP contribution in [0.15, 0.2) is 35.1 Å². The Balaban J connectivity index is 2.04. The zero-order valence-electron chi connectivity index (χ0n) is 9.31. The third-order valence-corrected chi connectivity index (χ3v) is 3.84. The number of anilines is 2. The normalized spacial score (nSPS) is 10.9. The molecule has 0 saturated heterocycles. The van der Waals surface area contributed by atoms with E-state index in [1.807, 2.05) is 12.1 Å². The Morgan fingerprint density at radius 1 is 1.21 bits per heavy atom. The van der Waals surface area contributed by atoms with E-state index < -0.39 is 0 Å². The molecule has 0 atom stereocenters. The van der Waals surface area contributed by atoms with Crippen LogP contribution in [-0.2, 0) is 0 Å². The van der Waals surface area contributed by atoms with Gasteiger partial charge in [-0.15, -0.1) is 0 Å². The van der Waals surface area contributed by atoms with Crippen LogP contribution in [0.3, 0.4) is 0 Å². The number of rotatable bonds is 2. The minimum atomic E-state index is 0.339. The maximum atomic E-state index is 6.05. The highest BCUT2D eigenvalue weighted by molar-refractivity contribution is 9.10. The molecule has 2 heterocycles. The number of nitrogens with one attached hydrogen (secondary N) is 1. The van der Waals surface area contributed by atoms with Crippen LogP contribution in [-0.4, -0.2) is 19.6 Å². The zero-order valence-corrected chi connectivity index (χ0v) is 12.4. The molecule has 0 saturated carbocycles. The molecule has 96 valence electrons. The van der Waals surface area contributed by atoms with Crippen molar-refractivity contribution in [2.45, 2.75) is 0 Å². The fourth-order valence-electron chi connectivity index (χ4n) is 1.59. The topological polar surface area (TPSA) is 55.1 Å². The lowest BCUT2D eigenvalue weighted by Crippen LogP contribution is -2.01. The van der Waals surface area contributed by atoms with E-state index in [4.69, 9.17) is 23.2 Å². The van der Waals surface area contributed by atoms with Crippen molar-refractivity contribution in [3.63, 3.8) is 0 Å². The van der Waals surface area contributed by atoms with E-state index in [0.29, 0.717) is 21.8 Å². The molecule has 0 aliphatic heterocycles. The van der Waals surface area contributed by atoms with Crippen molar-refractivity contribution in [3.05, 3.63) is 45.2 Å². The van der Waals surface area contributed by atoms with Crippen molar-refractivity contribution in [3.8, 4) is 0 Å². The van der Waals surface area contributed by atoms with Crippen molar-refractivity contribution >= 4 is 56.4 Å². The second kappa shape index (κ2) is 4.96. The van der Waals surface area contributed by atoms with Crippen LogP contribution in [0, 0.1) is 0 Å². The Hall–Kier alpha value is -1.37. The van der Waals surface area contributed by atoms with Gasteiger partial charge in [-0.1, -0.05) is 23.2 Å². The molecule has 0 aliphatic carbocycles. The summed E-state index contributed by atoms with van der Waals surface area (Å²) in [4.78, 5) is 8.05. The molecule has 0 amide bonds. The van der Waals surface area contributed by atoms with E-state index in [1.165, 1.54) is 6.33 Å². The Kier molecular flexibility index (Phi) is 3.30. The quantitative estimate of drug-likeness (QED) is 0.705. The summed E-state index contributed by atoms with van der Waals surface area (Å²) in [5.41, 5.74) is 0.812. The van der Waals surface area contributed by atoms with Crippen LogP contribution in [0.2, 0.25) is 10.2 Å². The van der Waals surface area contributed by atoms with Gasteiger partial charge in [0.1, 0.15) is 17.3 Å². The number of hydrogen-bond donors (Lipinski definition) is 1. The van der Waals surface area contributed by atoms with Crippen LogP contribution >= 0.6 is 39.1 Å². The van der Waals surface area contributed by atoms with Gasteiger partial charge in [-0.05, 0) is 34.1 Å². The molecular weight excluding hydrogens is 353 g/mol. The Labute approximate surface area is 126 Å². The van der Waals surface area contributed by atoms with Crippen LogP contribution in [0.4, 0.5) is 11.5 Å². The zero-order chi connectivity index (χ0) is 13.4. The van der Waals surface area contributed by atoms with Gasteiger partial charge in [-0.25, -0.2) is 0 Å². The highest BCUT2D eigenvalue weighted by Gasteiger charge is 2.07. The van der Waals surface area contributed by atoms with E-state index >= 15 is 0 Å². The summed E-state index contributed by atoms with van der Waals surface area (Å²) < 4.78 is 2.39. The highest BCUT2D eigenvalue weighted by atomic mass is 79.9. The van der Waals surface area contributed by atoms with Gasteiger partial charge >= 0.3 is 0 Å². The van der Waals surface area contributed by atoms with E-state index in [2.05, 4.69) is 36.3 Å². The first-order valence-corrected chi connectivity index (χ1v) is 6.77. The summed E-state index contributed by atoms with van der Waals surface area (Å²) in [6, 6.07) is 7.20. The minimum Gasteiger partial charge on any atom is -0.340 e. The fraction of sp³-hybridized carbons (Fsp3) is 0. The van der Waals surface area contributed by atoms with E-state index in [-0.39, 0.29) is 0 Å². The summed E-state index contributed by atoms with van der Waals surface area (Å²) in [5, 5.41) is 8.20. The monoisotopic (exact) mass is 357 g/mol. The summed E-state index contributed by atoms with van der Waals surface area (Å²) in [6.07, 6.45) is 1.42. The Morgan fingerprint density at radius 2 is 2.05 bits per heavy atom. The number of aromatic nitrogens is 4. The minimum absolute atomic E-state index is 0.339. The van der Waals surface area contributed by atoms with Gasteiger partial charge in [0.2, 0.25) is 0 Å². The lowest BCUT2D eigenvalue weighted by molar-refractivity contribution is 0.947. The molecule has 0 fully saturated rings. The predicted molar refractivity (Wildman–Crippen MR) is 78.2 cm³/mol. The second-order valence-electron chi connectivity index (χ2n) is 3.69. The lowest BCUT2D eigenvalue weighted by Gasteiger charge is -2.09. The standard InChI is InChI=1S/C11H6BrCl2N5/c12-7-2-1-6(3-8(7)13)17-10-4-9(14)18-11-15-5-16-19(10)11/h1-5,17H. The smallest absolute Gasteiger partial charge is 0.255 e. The molecule has 19 heavy (non-hydrogen) atoms. The van der Waals surface area contributed by atoms with Crippen LogP contribution in [0.5, 0.6) is 0 Å². The van der Waals surface area contributed by atoms with Gasteiger partial charge in [-0.3, -0.25) is 0 Å². The summed E-state index contributed by atoms with van der Waals surface area (Å²) in [6.45, 7) is 0. The van der Waals surface area contributed by atoms with Crippen molar-refractivity contribution in [2.75, 3.05) is 5.32 Å². The Bertz CT molecular complexity index is 758. The van der Waals surface area contributed by atoms with Gasteiger partial charge in [0.25, 0.3) is 5.78 Å². The number of nitrogens with zero attached hydrogens (tertiary/aromatic N) is 4. The van der Waals surface area contributed by atoms with Crippen molar-refractivity contribution in [1.82, 2.24) is 19.6 Å².